The molecule has 4 N–H and O–H groups in total. The van der Waals surface area contributed by atoms with E-state index in [1.165, 1.54) is 35.3 Å². The van der Waals surface area contributed by atoms with Crippen LogP contribution in [0.3, 0.4) is 0 Å². The highest BCUT2D eigenvalue weighted by Crippen LogP contribution is 2.24. The smallest absolute Gasteiger partial charge is 0.384 e. The van der Waals surface area contributed by atoms with Crippen LogP contribution in [0.5, 0.6) is 0 Å². The zero-order valence-corrected chi connectivity index (χ0v) is 22.2. The number of aliphatic hydroxyl groups excluding tert-OH is 1. The third-order valence-electron chi connectivity index (χ3n) is 6.00. The van der Waals surface area contributed by atoms with Crippen molar-refractivity contribution in [2.75, 3.05) is 11.1 Å². The van der Waals surface area contributed by atoms with E-state index < -0.39 is 30.4 Å². The summed E-state index contributed by atoms with van der Waals surface area (Å²) in [6.45, 7) is -1.39. The molecule has 0 aliphatic carbocycles. The Kier molecular flexibility index (Phi) is 7.78. The van der Waals surface area contributed by atoms with Gasteiger partial charge in [0.05, 0.1) is 17.8 Å². The summed E-state index contributed by atoms with van der Waals surface area (Å²) in [5.74, 6) is -0.0559. The van der Waals surface area contributed by atoms with Gasteiger partial charge in [0, 0.05) is 10.6 Å². The molecule has 0 aliphatic heterocycles. The van der Waals surface area contributed by atoms with Crippen LogP contribution >= 0.6 is 11.6 Å². The Hall–Kier alpha value is -5.02. The number of nitrogens with one attached hydrogen (secondary N) is 1. The molecular formula is C26H21ClF3N9O3. The number of nitrogens with zero attached hydrogens (tertiary/aromatic N) is 7. The van der Waals surface area contributed by atoms with Gasteiger partial charge in [-0.3, -0.25) is 9.36 Å². The summed E-state index contributed by atoms with van der Waals surface area (Å²) < 4.78 is 42.3. The number of nitrogens with two attached hydrogens (primary N) is 1. The summed E-state index contributed by atoms with van der Waals surface area (Å²) in [5, 5.41) is 21.2. The second kappa shape index (κ2) is 11.5. The van der Waals surface area contributed by atoms with Crippen molar-refractivity contribution < 1.29 is 23.1 Å². The number of nitrogen functional groups attached to an aromatic ring is 1. The second-order valence-electron chi connectivity index (χ2n) is 8.96. The van der Waals surface area contributed by atoms with Crippen LogP contribution in [-0.2, 0) is 13.1 Å². The summed E-state index contributed by atoms with van der Waals surface area (Å²) in [7, 11) is 0. The van der Waals surface area contributed by atoms with Crippen LogP contribution < -0.4 is 16.7 Å². The lowest BCUT2D eigenvalue weighted by molar-refractivity contribution is -0.207. The largest absolute Gasteiger partial charge is 0.416 e. The Balaban J connectivity index is 1.44. The zero-order valence-electron chi connectivity index (χ0n) is 21.4. The molecule has 12 nitrogen and oxygen atoms in total. The van der Waals surface area contributed by atoms with Gasteiger partial charge in [0.1, 0.15) is 24.5 Å². The van der Waals surface area contributed by atoms with Gasteiger partial charge in [0.15, 0.2) is 17.8 Å². The minimum atomic E-state index is -4.96. The maximum Gasteiger partial charge on any atom is 0.416 e. The van der Waals surface area contributed by atoms with Crippen LogP contribution in [-0.4, -0.2) is 57.4 Å². The Bertz CT molecular complexity index is 1800. The predicted octanol–water partition coefficient (Wildman–Crippen LogP) is 3.15. The molecule has 1 amide bonds. The number of hydrogen-bond acceptors (Lipinski definition) is 8. The number of halogens is 4. The molecule has 3 heterocycles. The molecular weight excluding hydrogens is 579 g/mol. The van der Waals surface area contributed by atoms with Gasteiger partial charge in [0.25, 0.3) is 5.91 Å². The number of rotatable bonds is 8. The quantitative estimate of drug-likeness (QED) is 0.245. The molecule has 3 aromatic heterocycles. The highest BCUT2D eigenvalue weighted by atomic mass is 35.5. The minimum Gasteiger partial charge on any atom is -0.384 e. The molecule has 16 heteroatoms. The molecule has 5 aromatic rings. The number of pyridine rings is 1. The molecule has 0 radical (unpaired) electrons. The molecule has 0 bridgehead atoms. The number of benzene rings is 2. The first-order valence-electron chi connectivity index (χ1n) is 12.2. The van der Waals surface area contributed by atoms with E-state index in [9.17, 15) is 27.9 Å². The number of aromatic nitrogens is 7. The molecule has 2 aromatic carbocycles. The van der Waals surface area contributed by atoms with Crippen LogP contribution in [0.4, 0.5) is 24.8 Å². The highest BCUT2D eigenvalue weighted by Gasteiger charge is 2.39. The van der Waals surface area contributed by atoms with Gasteiger partial charge < -0.3 is 16.2 Å². The van der Waals surface area contributed by atoms with E-state index >= 15 is 0 Å². The van der Waals surface area contributed by atoms with Crippen LogP contribution in [0.15, 0.2) is 77.9 Å². The fourth-order valence-electron chi connectivity index (χ4n) is 3.99. The average Bonchev–Trinajstić information content (AvgIpc) is 3.53. The van der Waals surface area contributed by atoms with Crippen molar-refractivity contribution in [3.63, 3.8) is 0 Å². The van der Waals surface area contributed by atoms with E-state index in [-0.39, 0.29) is 35.4 Å². The van der Waals surface area contributed by atoms with E-state index in [4.69, 9.17) is 17.3 Å². The van der Waals surface area contributed by atoms with Crippen molar-refractivity contribution in [2.24, 2.45) is 0 Å². The van der Waals surface area contributed by atoms with Crippen molar-refractivity contribution in [2.45, 2.75) is 25.4 Å². The van der Waals surface area contributed by atoms with Crippen LogP contribution in [0, 0.1) is 0 Å². The maximum atomic E-state index is 13.1. The first-order valence-corrected chi connectivity index (χ1v) is 12.6. The van der Waals surface area contributed by atoms with Crippen LogP contribution in [0.2, 0.25) is 5.02 Å². The first-order chi connectivity index (χ1) is 20.0. The topological polar surface area (TPSA) is 159 Å². The Morgan fingerprint density at radius 1 is 1.05 bits per heavy atom. The molecule has 0 spiro atoms. The van der Waals surface area contributed by atoms with Gasteiger partial charge in [0.2, 0.25) is 0 Å². The van der Waals surface area contributed by atoms with E-state index in [1.54, 1.807) is 42.5 Å². The van der Waals surface area contributed by atoms with Crippen molar-refractivity contribution in [3.8, 4) is 17.1 Å². The van der Waals surface area contributed by atoms with E-state index in [0.29, 0.717) is 16.3 Å². The Morgan fingerprint density at radius 2 is 1.79 bits per heavy atom. The highest BCUT2D eigenvalue weighted by molar-refractivity contribution is 6.30. The maximum absolute atomic E-state index is 13.1. The number of aliphatic hydroxyl groups is 1. The molecule has 42 heavy (non-hydrogen) atoms. The normalized spacial score (nSPS) is 12.3. The SMILES string of the molecule is Nc1cccc(NC(=O)c2ccccc2-n2cnc(Cn3nc(-c4ccc(Cl)cc4)n(CC(O)C(F)(F)F)c3=O)n2)n1. The molecule has 0 aliphatic rings. The number of anilines is 2. The standard InChI is InChI=1S/C26H21ClF3N9O3/c27-16-10-8-15(9-11-16)23-36-38(25(42)37(23)12-19(40)26(28,29)30)13-22-32-14-39(35-22)18-5-2-1-4-17(18)24(41)34-21-7-3-6-20(31)33-21/h1-11,14,19,40H,12-13H2,(H3,31,33,34,41). The van der Waals surface area contributed by atoms with Gasteiger partial charge in [-0.1, -0.05) is 29.8 Å². The molecule has 0 fully saturated rings. The number of alkyl halides is 3. The number of carbonyl (C=O) groups excluding carboxylic acids is 1. The average molecular weight is 600 g/mol. The van der Waals surface area contributed by atoms with E-state index in [2.05, 4.69) is 25.5 Å². The van der Waals surface area contributed by atoms with Crippen molar-refractivity contribution in [1.82, 2.24) is 34.1 Å². The van der Waals surface area contributed by atoms with Gasteiger partial charge in [-0.2, -0.15) is 13.2 Å². The lowest BCUT2D eigenvalue weighted by Gasteiger charge is -2.15. The minimum absolute atomic E-state index is 0.0773. The third-order valence-corrected chi connectivity index (χ3v) is 6.25. The van der Waals surface area contributed by atoms with Gasteiger partial charge >= 0.3 is 11.9 Å². The summed E-state index contributed by atoms with van der Waals surface area (Å²) in [4.78, 5) is 34.4. The van der Waals surface area contributed by atoms with Crippen molar-refractivity contribution in [3.05, 3.63) is 100.0 Å². The van der Waals surface area contributed by atoms with Crippen LogP contribution in [0.25, 0.3) is 17.1 Å². The number of hydrogen-bond donors (Lipinski definition) is 3. The fraction of sp³-hybridized carbons (Fsp3) is 0.154. The Labute approximate surface area is 239 Å². The van der Waals surface area contributed by atoms with E-state index in [1.807, 2.05) is 0 Å². The lowest BCUT2D eigenvalue weighted by atomic mass is 10.1. The molecule has 1 atom stereocenters. The van der Waals surface area contributed by atoms with Gasteiger partial charge in [-0.15, -0.1) is 10.2 Å². The predicted molar refractivity (Wildman–Crippen MR) is 146 cm³/mol. The third kappa shape index (κ3) is 6.16. The number of amides is 1. The number of carbonyl (C=O) groups is 1. The van der Waals surface area contributed by atoms with Gasteiger partial charge in [-0.25, -0.2) is 24.1 Å². The molecule has 0 saturated carbocycles. The monoisotopic (exact) mass is 599 g/mol. The summed E-state index contributed by atoms with van der Waals surface area (Å²) in [6.07, 6.45) is -6.45. The first kappa shape index (κ1) is 28.5. The second-order valence-corrected chi connectivity index (χ2v) is 9.40. The van der Waals surface area contributed by atoms with E-state index in [0.717, 1.165) is 9.25 Å². The molecule has 0 saturated heterocycles. The van der Waals surface area contributed by atoms with Gasteiger partial charge in [-0.05, 0) is 48.5 Å². The number of para-hydroxylation sites is 1. The molecule has 1 unspecified atom stereocenters. The van der Waals surface area contributed by atoms with Crippen molar-refractivity contribution >= 4 is 29.1 Å². The lowest BCUT2D eigenvalue weighted by Crippen LogP contribution is -2.37. The molecule has 216 valence electrons. The fourth-order valence-corrected chi connectivity index (χ4v) is 4.11. The van der Waals surface area contributed by atoms with Crippen molar-refractivity contribution in [1.29, 1.82) is 0 Å². The molecule has 5 rings (SSSR count). The van der Waals surface area contributed by atoms with Crippen LogP contribution in [0.1, 0.15) is 16.2 Å². The summed E-state index contributed by atoms with van der Waals surface area (Å²) in [6, 6.07) is 17.3. The summed E-state index contributed by atoms with van der Waals surface area (Å²) >= 11 is 5.92. The Morgan fingerprint density at radius 3 is 2.50 bits per heavy atom. The summed E-state index contributed by atoms with van der Waals surface area (Å²) in [5.41, 5.74) is 5.64. The zero-order chi connectivity index (χ0) is 30.0.